The first-order valence-corrected chi connectivity index (χ1v) is 8.13. The quantitative estimate of drug-likeness (QED) is 0.580. The number of unbranched alkanes of at least 4 members (excludes halogenated alkanes) is 2. The summed E-state index contributed by atoms with van der Waals surface area (Å²) in [5, 5.41) is 0.752. The van der Waals surface area contributed by atoms with E-state index < -0.39 is 0 Å². The van der Waals surface area contributed by atoms with Crippen LogP contribution >= 0.6 is 11.6 Å². The van der Waals surface area contributed by atoms with Gasteiger partial charge in [-0.1, -0.05) is 37.4 Å². The third kappa shape index (κ3) is 3.52. The molecule has 1 aromatic carbocycles. The average Bonchev–Trinajstić information content (AvgIpc) is 2.88. The average molecular weight is 310 g/mol. The summed E-state index contributed by atoms with van der Waals surface area (Å²) in [4.78, 5) is 14.2. The Hall–Kier alpha value is -1.22. The van der Waals surface area contributed by atoms with E-state index in [1.807, 2.05) is 19.1 Å². The van der Waals surface area contributed by atoms with Gasteiger partial charge in [0, 0.05) is 23.7 Å². The lowest BCUT2D eigenvalue weighted by atomic mass is 10.0. The van der Waals surface area contributed by atoms with Gasteiger partial charge in [0.2, 0.25) is 0 Å². The third-order valence-corrected chi connectivity index (χ3v) is 4.55. The Labute approximate surface area is 132 Å². The maximum atomic E-state index is 12.0. The number of carbonyl (C=O) groups is 1. The van der Waals surface area contributed by atoms with E-state index in [1.165, 1.54) is 0 Å². The highest BCUT2D eigenvalue weighted by Gasteiger charge is 2.33. The number of aryl methyl sites for hydroxylation is 1. The van der Waals surface area contributed by atoms with Gasteiger partial charge >= 0.3 is 5.97 Å². The summed E-state index contributed by atoms with van der Waals surface area (Å²) >= 11 is 6.29. The van der Waals surface area contributed by atoms with E-state index in [9.17, 15) is 4.79 Å². The fourth-order valence-corrected chi connectivity index (χ4v) is 3.13. The number of ether oxygens (including phenoxy) is 1. The zero-order chi connectivity index (χ0) is 15.4. The summed E-state index contributed by atoms with van der Waals surface area (Å²) in [6.45, 7) is 7.68. The van der Waals surface area contributed by atoms with Crippen molar-refractivity contribution in [3.63, 3.8) is 0 Å². The lowest BCUT2D eigenvalue weighted by molar-refractivity contribution is -0.139. The van der Waals surface area contributed by atoms with Crippen molar-refractivity contribution in [2.45, 2.75) is 52.5 Å². The number of hydrogen-bond donors (Lipinski definition) is 0. The molecule has 3 nitrogen and oxygen atoms in total. The number of nitrogens with zero attached hydrogens (tertiary/aromatic N) is 1. The number of anilines is 1. The SMILES string of the molecule is CCCCCN(c1c(C)ccc(Cl)c1C)C1CCOC1=O. The molecule has 0 spiro atoms. The maximum Gasteiger partial charge on any atom is 0.328 e. The van der Waals surface area contributed by atoms with Gasteiger partial charge < -0.3 is 9.64 Å². The predicted octanol–water partition coefficient (Wildman–Crippen LogP) is 4.27. The minimum absolute atomic E-state index is 0.106. The number of hydrogen-bond acceptors (Lipinski definition) is 3. The van der Waals surface area contributed by atoms with Crippen LogP contribution in [0.4, 0.5) is 5.69 Å². The van der Waals surface area contributed by atoms with Crippen molar-refractivity contribution in [3.05, 3.63) is 28.3 Å². The zero-order valence-corrected chi connectivity index (χ0v) is 13.9. The first-order chi connectivity index (χ1) is 10.1. The Balaban J connectivity index is 2.34. The van der Waals surface area contributed by atoms with Crippen LogP contribution < -0.4 is 4.90 Å². The highest BCUT2D eigenvalue weighted by Crippen LogP contribution is 2.33. The summed E-state index contributed by atoms with van der Waals surface area (Å²) in [5.74, 6) is -0.106. The smallest absolute Gasteiger partial charge is 0.328 e. The molecule has 1 aliphatic rings. The molecule has 1 unspecified atom stereocenters. The Morgan fingerprint density at radius 3 is 2.71 bits per heavy atom. The van der Waals surface area contributed by atoms with E-state index in [2.05, 4.69) is 18.7 Å². The van der Waals surface area contributed by atoms with Gasteiger partial charge in [-0.3, -0.25) is 0 Å². The second-order valence-corrected chi connectivity index (χ2v) is 6.12. The molecule has 1 fully saturated rings. The maximum absolute atomic E-state index is 12.0. The van der Waals surface area contributed by atoms with E-state index in [4.69, 9.17) is 16.3 Å². The molecule has 1 heterocycles. The summed E-state index contributed by atoms with van der Waals surface area (Å²) in [6.07, 6.45) is 4.16. The van der Waals surface area contributed by atoms with Crippen LogP contribution in [0.1, 0.15) is 43.7 Å². The lowest BCUT2D eigenvalue weighted by Crippen LogP contribution is -2.40. The van der Waals surface area contributed by atoms with Crippen molar-refractivity contribution in [3.8, 4) is 0 Å². The highest BCUT2D eigenvalue weighted by atomic mass is 35.5. The lowest BCUT2D eigenvalue weighted by Gasteiger charge is -2.32. The van der Waals surface area contributed by atoms with Crippen LogP contribution in [0.3, 0.4) is 0 Å². The molecule has 1 atom stereocenters. The van der Waals surface area contributed by atoms with Crippen LogP contribution in [-0.2, 0) is 9.53 Å². The van der Waals surface area contributed by atoms with Gasteiger partial charge in [-0.05, 0) is 37.5 Å². The topological polar surface area (TPSA) is 29.5 Å². The fourth-order valence-electron chi connectivity index (χ4n) is 2.98. The number of benzene rings is 1. The molecule has 0 aliphatic carbocycles. The van der Waals surface area contributed by atoms with Crippen molar-refractivity contribution in [2.75, 3.05) is 18.1 Å². The molecule has 2 rings (SSSR count). The zero-order valence-electron chi connectivity index (χ0n) is 13.1. The number of carbonyl (C=O) groups excluding carboxylic acids is 1. The molecule has 0 radical (unpaired) electrons. The summed E-state index contributed by atoms with van der Waals surface area (Å²) in [7, 11) is 0. The molecule has 21 heavy (non-hydrogen) atoms. The first-order valence-electron chi connectivity index (χ1n) is 7.75. The molecule has 1 saturated heterocycles. The van der Waals surface area contributed by atoms with Crippen LogP contribution in [0, 0.1) is 13.8 Å². The molecule has 1 aliphatic heterocycles. The molecular formula is C17H24ClNO2. The summed E-state index contributed by atoms with van der Waals surface area (Å²) in [6, 6.07) is 3.78. The van der Waals surface area contributed by atoms with E-state index in [-0.39, 0.29) is 12.0 Å². The van der Waals surface area contributed by atoms with Crippen LogP contribution in [0.2, 0.25) is 5.02 Å². The third-order valence-electron chi connectivity index (χ3n) is 4.14. The van der Waals surface area contributed by atoms with Gasteiger partial charge in [0.05, 0.1) is 6.61 Å². The van der Waals surface area contributed by atoms with Gasteiger partial charge in [0.25, 0.3) is 0 Å². The van der Waals surface area contributed by atoms with Crippen molar-refractivity contribution in [2.24, 2.45) is 0 Å². The summed E-state index contributed by atoms with van der Waals surface area (Å²) in [5.41, 5.74) is 3.31. The second kappa shape index (κ2) is 7.17. The van der Waals surface area contributed by atoms with Crippen molar-refractivity contribution in [1.82, 2.24) is 0 Å². The van der Waals surface area contributed by atoms with Crippen LogP contribution in [-0.4, -0.2) is 25.2 Å². The molecule has 4 heteroatoms. The minimum atomic E-state index is -0.169. The van der Waals surface area contributed by atoms with Crippen LogP contribution in [0.25, 0.3) is 0 Å². The molecular weight excluding hydrogens is 286 g/mol. The van der Waals surface area contributed by atoms with E-state index >= 15 is 0 Å². The van der Waals surface area contributed by atoms with Crippen molar-refractivity contribution < 1.29 is 9.53 Å². The summed E-state index contributed by atoms with van der Waals surface area (Å²) < 4.78 is 5.17. The highest BCUT2D eigenvalue weighted by molar-refractivity contribution is 6.31. The van der Waals surface area contributed by atoms with Gasteiger partial charge in [0.1, 0.15) is 6.04 Å². The van der Waals surface area contributed by atoms with Crippen LogP contribution in [0.15, 0.2) is 12.1 Å². The van der Waals surface area contributed by atoms with Gasteiger partial charge in [-0.25, -0.2) is 4.79 Å². The number of halogens is 1. The van der Waals surface area contributed by atoms with Gasteiger partial charge in [-0.2, -0.15) is 0 Å². The predicted molar refractivity (Wildman–Crippen MR) is 87.2 cm³/mol. The standard InChI is InChI=1S/C17H24ClNO2/c1-4-5-6-10-19(15-9-11-21-17(15)20)16-12(2)7-8-14(18)13(16)3/h7-8,15H,4-6,9-11H2,1-3H3. The Morgan fingerprint density at radius 2 is 2.10 bits per heavy atom. The van der Waals surface area contributed by atoms with Crippen molar-refractivity contribution >= 4 is 23.3 Å². The van der Waals surface area contributed by atoms with Gasteiger partial charge in [0.15, 0.2) is 0 Å². The molecule has 0 bridgehead atoms. The Kier molecular flexibility index (Phi) is 5.51. The Bertz CT molecular complexity index is 516. The van der Waals surface area contributed by atoms with E-state index in [0.717, 1.165) is 54.1 Å². The molecule has 0 amide bonds. The Morgan fingerprint density at radius 1 is 1.33 bits per heavy atom. The molecule has 0 saturated carbocycles. The molecule has 1 aromatic rings. The first kappa shape index (κ1) is 16.2. The largest absolute Gasteiger partial charge is 0.464 e. The second-order valence-electron chi connectivity index (χ2n) is 5.71. The number of rotatable bonds is 6. The molecule has 0 aromatic heterocycles. The fraction of sp³-hybridized carbons (Fsp3) is 0.588. The molecule has 116 valence electrons. The number of esters is 1. The van der Waals surface area contributed by atoms with E-state index in [1.54, 1.807) is 0 Å². The van der Waals surface area contributed by atoms with Crippen molar-refractivity contribution in [1.29, 1.82) is 0 Å². The monoisotopic (exact) mass is 309 g/mol. The normalized spacial score (nSPS) is 17.9. The molecule has 0 N–H and O–H groups in total. The van der Waals surface area contributed by atoms with E-state index in [0.29, 0.717) is 6.61 Å². The number of cyclic esters (lactones) is 1. The minimum Gasteiger partial charge on any atom is -0.464 e. The van der Waals surface area contributed by atoms with Gasteiger partial charge in [-0.15, -0.1) is 0 Å². The van der Waals surface area contributed by atoms with Crippen LogP contribution in [0.5, 0.6) is 0 Å².